The van der Waals surface area contributed by atoms with Crippen LogP contribution in [0, 0.1) is 11.7 Å². The molecule has 3 aromatic rings. The number of methoxy groups -OCH3 is 1. The second-order valence-corrected chi connectivity index (χ2v) is 8.42. The van der Waals surface area contributed by atoms with E-state index in [-0.39, 0.29) is 23.6 Å². The monoisotopic (exact) mass is 433 g/mol. The van der Waals surface area contributed by atoms with Crippen molar-refractivity contribution in [1.82, 2.24) is 0 Å². The number of ketones is 1. The summed E-state index contributed by atoms with van der Waals surface area (Å²) in [5.74, 6) is 1.37. The molecule has 0 radical (unpaired) electrons. The molecule has 0 aliphatic carbocycles. The molecular weight excluding hydrogens is 405 g/mol. The minimum absolute atomic E-state index is 0.0109. The molecule has 4 nitrogen and oxygen atoms in total. The number of likely N-dealkylation sites (N-methyl/N-ethyl adjacent to an activating group) is 1. The largest absolute Gasteiger partial charge is 0.497 e. The van der Waals surface area contributed by atoms with Gasteiger partial charge in [-0.1, -0.05) is 37.3 Å². The Balaban J connectivity index is 1.58. The zero-order valence-electron chi connectivity index (χ0n) is 18.9. The Bertz CT molecular complexity index is 1130. The Kier molecular flexibility index (Phi) is 6.17. The van der Waals surface area contributed by atoms with E-state index in [9.17, 15) is 9.18 Å². The molecule has 2 unspecified atom stereocenters. The SMILES string of the molecule is COc1ccc(F)c(-c2ccc(C3COc4ccc(CC(C)C(C)=O)cc4N3C)cc2)c1. The summed E-state index contributed by atoms with van der Waals surface area (Å²) in [6.45, 7) is 4.12. The Hall–Kier alpha value is -3.34. The number of ether oxygens (including phenoxy) is 2. The summed E-state index contributed by atoms with van der Waals surface area (Å²) in [5.41, 5.74) is 4.53. The summed E-state index contributed by atoms with van der Waals surface area (Å²) in [5, 5.41) is 0. The van der Waals surface area contributed by atoms with Crippen molar-refractivity contribution in [3.8, 4) is 22.6 Å². The van der Waals surface area contributed by atoms with E-state index in [1.807, 2.05) is 43.3 Å². The summed E-state index contributed by atoms with van der Waals surface area (Å²) in [7, 11) is 3.63. The van der Waals surface area contributed by atoms with E-state index in [1.54, 1.807) is 26.2 Å². The topological polar surface area (TPSA) is 38.8 Å². The molecule has 166 valence electrons. The number of hydrogen-bond donors (Lipinski definition) is 0. The molecule has 4 rings (SSSR count). The van der Waals surface area contributed by atoms with Crippen LogP contribution in [-0.2, 0) is 11.2 Å². The van der Waals surface area contributed by atoms with Gasteiger partial charge in [-0.05, 0) is 60.4 Å². The molecule has 1 heterocycles. The zero-order chi connectivity index (χ0) is 22.8. The van der Waals surface area contributed by atoms with E-state index in [0.29, 0.717) is 24.3 Å². The normalized spacial score (nSPS) is 16.2. The van der Waals surface area contributed by atoms with Gasteiger partial charge in [0.1, 0.15) is 29.7 Å². The molecule has 0 saturated heterocycles. The summed E-state index contributed by atoms with van der Waals surface area (Å²) >= 11 is 0. The van der Waals surface area contributed by atoms with Crippen molar-refractivity contribution in [2.75, 3.05) is 25.7 Å². The van der Waals surface area contributed by atoms with Gasteiger partial charge in [0.15, 0.2) is 0 Å². The summed E-state index contributed by atoms with van der Waals surface area (Å²) in [4.78, 5) is 13.9. The fraction of sp³-hybridized carbons (Fsp3) is 0.296. The highest BCUT2D eigenvalue weighted by molar-refractivity contribution is 5.78. The van der Waals surface area contributed by atoms with Gasteiger partial charge in [-0.25, -0.2) is 4.39 Å². The smallest absolute Gasteiger partial charge is 0.142 e. The number of carbonyl (C=O) groups is 1. The maximum absolute atomic E-state index is 14.3. The highest BCUT2D eigenvalue weighted by atomic mass is 19.1. The first kappa shape index (κ1) is 21.9. The maximum atomic E-state index is 14.3. The van der Waals surface area contributed by atoms with E-state index in [0.717, 1.165) is 28.1 Å². The maximum Gasteiger partial charge on any atom is 0.142 e. The standard InChI is InChI=1S/C27H28FNO3/c1-17(18(2)30)13-19-5-12-27-25(14-19)29(3)26(16-32-27)21-8-6-20(7-9-21)23-15-22(31-4)10-11-24(23)28/h5-12,14-15,17,26H,13,16H2,1-4H3. The fourth-order valence-corrected chi connectivity index (χ4v) is 4.09. The number of nitrogens with zero attached hydrogens (tertiary/aromatic N) is 1. The van der Waals surface area contributed by atoms with Gasteiger partial charge in [-0.2, -0.15) is 0 Å². The van der Waals surface area contributed by atoms with Gasteiger partial charge in [0.05, 0.1) is 18.8 Å². The van der Waals surface area contributed by atoms with Gasteiger partial charge in [0, 0.05) is 18.5 Å². The fourth-order valence-electron chi connectivity index (χ4n) is 4.09. The summed E-state index contributed by atoms with van der Waals surface area (Å²) in [6.07, 6.45) is 0.710. The van der Waals surface area contributed by atoms with Crippen LogP contribution in [0.4, 0.5) is 10.1 Å². The van der Waals surface area contributed by atoms with Crippen molar-refractivity contribution in [2.45, 2.75) is 26.3 Å². The lowest BCUT2D eigenvalue weighted by Gasteiger charge is -2.36. The van der Waals surface area contributed by atoms with E-state index in [1.165, 1.54) is 6.07 Å². The van der Waals surface area contributed by atoms with Crippen LogP contribution in [0.15, 0.2) is 60.7 Å². The third-order valence-corrected chi connectivity index (χ3v) is 6.28. The van der Waals surface area contributed by atoms with Crippen molar-refractivity contribution in [3.63, 3.8) is 0 Å². The van der Waals surface area contributed by atoms with Gasteiger partial charge < -0.3 is 14.4 Å². The highest BCUT2D eigenvalue weighted by Crippen LogP contribution is 2.39. The quantitative estimate of drug-likeness (QED) is 0.490. The van der Waals surface area contributed by atoms with Gasteiger partial charge in [0.25, 0.3) is 0 Å². The molecule has 1 aliphatic heterocycles. The summed E-state index contributed by atoms with van der Waals surface area (Å²) in [6, 6.07) is 18.8. The van der Waals surface area contributed by atoms with Gasteiger partial charge in [0.2, 0.25) is 0 Å². The number of hydrogen-bond acceptors (Lipinski definition) is 4. The molecule has 2 atom stereocenters. The Labute approximate surface area is 188 Å². The second kappa shape index (κ2) is 9.03. The van der Waals surface area contributed by atoms with Crippen molar-refractivity contribution in [3.05, 3.63) is 77.6 Å². The van der Waals surface area contributed by atoms with Crippen LogP contribution in [0.3, 0.4) is 0 Å². The predicted octanol–water partition coefficient (Wildman–Crippen LogP) is 5.84. The average Bonchev–Trinajstić information content (AvgIpc) is 2.80. The molecule has 5 heteroatoms. The van der Waals surface area contributed by atoms with Crippen LogP contribution >= 0.6 is 0 Å². The lowest BCUT2D eigenvalue weighted by Crippen LogP contribution is -2.33. The first-order chi connectivity index (χ1) is 15.4. The molecule has 32 heavy (non-hydrogen) atoms. The molecule has 0 spiro atoms. The van der Waals surface area contributed by atoms with Crippen LogP contribution in [0.25, 0.3) is 11.1 Å². The number of halogens is 1. The molecule has 0 saturated carbocycles. The van der Waals surface area contributed by atoms with Gasteiger partial charge in [-0.3, -0.25) is 4.79 Å². The van der Waals surface area contributed by atoms with Crippen LogP contribution in [-0.4, -0.2) is 26.5 Å². The number of carbonyl (C=O) groups excluding carboxylic acids is 1. The Morgan fingerprint density at radius 1 is 1.16 bits per heavy atom. The van der Waals surface area contributed by atoms with E-state index >= 15 is 0 Å². The zero-order valence-corrected chi connectivity index (χ0v) is 18.9. The van der Waals surface area contributed by atoms with Crippen molar-refractivity contribution in [2.24, 2.45) is 5.92 Å². The van der Waals surface area contributed by atoms with Crippen LogP contribution in [0.1, 0.15) is 31.0 Å². The first-order valence-electron chi connectivity index (χ1n) is 10.8. The molecule has 0 amide bonds. The minimum atomic E-state index is -0.280. The number of benzene rings is 3. The van der Waals surface area contributed by atoms with E-state index in [2.05, 4.69) is 18.0 Å². The molecular formula is C27H28FNO3. The Morgan fingerprint density at radius 2 is 1.91 bits per heavy atom. The number of rotatable bonds is 6. The third-order valence-electron chi connectivity index (χ3n) is 6.28. The van der Waals surface area contributed by atoms with Gasteiger partial charge in [-0.15, -0.1) is 0 Å². The van der Waals surface area contributed by atoms with Crippen LogP contribution in [0.5, 0.6) is 11.5 Å². The summed E-state index contributed by atoms with van der Waals surface area (Å²) < 4.78 is 25.6. The lowest BCUT2D eigenvalue weighted by atomic mass is 9.96. The van der Waals surface area contributed by atoms with Crippen molar-refractivity contribution >= 4 is 11.5 Å². The molecule has 0 aromatic heterocycles. The second-order valence-electron chi connectivity index (χ2n) is 8.42. The van der Waals surface area contributed by atoms with Crippen LogP contribution in [0.2, 0.25) is 0 Å². The van der Waals surface area contributed by atoms with Crippen molar-refractivity contribution in [1.29, 1.82) is 0 Å². The highest BCUT2D eigenvalue weighted by Gasteiger charge is 2.26. The van der Waals surface area contributed by atoms with E-state index in [4.69, 9.17) is 9.47 Å². The molecule has 1 aliphatic rings. The molecule has 0 fully saturated rings. The molecule has 0 N–H and O–H groups in total. The first-order valence-corrected chi connectivity index (χ1v) is 10.8. The van der Waals surface area contributed by atoms with E-state index < -0.39 is 0 Å². The number of fused-ring (bicyclic) bond motifs is 1. The Morgan fingerprint density at radius 3 is 2.59 bits per heavy atom. The van der Waals surface area contributed by atoms with Crippen LogP contribution < -0.4 is 14.4 Å². The molecule has 0 bridgehead atoms. The number of Topliss-reactive ketones (excluding diaryl/α,β-unsaturated/α-hetero) is 1. The molecule has 3 aromatic carbocycles. The minimum Gasteiger partial charge on any atom is -0.497 e. The third kappa shape index (κ3) is 4.33. The van der Waals surface area contributed by atoms with Gasteiger partial charge >= 0.3 is 0 Å². The predicted molar refractivity (Wildman–Crippen MR) is 125 cm³/mol. The average molecular weight is 434 g/mol. The lowest BCUT2D eigenvalue weighted by molar-refractivity contribution is -0.120. The number of anilines is 1. The van der Waals surface area contributed by atoms with Crippen molar-refractivity contribution < 1.29 is 18.7 Å².